The Morgan fingerprint density at radius 3 is 2.42 bits per heavy atom. The number of hydrogen-bond acceptors (Lipinski definition) is 6. The van der Waals surface area contributed by atoms with Gasteiger partial charge in [-0.15, -0.1) is 0 Å². The number of amides is 2. The van der Waals surface area contributed by atoms with Crippen LogP contribution in [-0.4, -0.2) is 64.4 Å². The molecule has 1 fully saturated rings. The van der Waals surface area contributed by atoms with E-state index in [0.717, 1.165) is 4.31 Å². The molecule has 164 valence electrons. The molecule has 2 aliphatic rings. The van der Waals surface area contributed by atoms with Gasteiger partial charge in [0.2, 0.25) is 15.9 Å². The van der Waals surface area contributed by atoms with E-state index in [9.17, 15) is 18.0 Å². The highest BCUT2D eigenvalue weighted by Crippen LogP contribution is 2.35. The van der Waals surface area contributed by atoms with E-state index >= 15 is 0 Å². The van der Waals surface area contributed by atoms with E-state index in [1.54, 1.807) is 23.1 Å². The summed E-state index contributed by atoms with van der Waals surface area (Å²) >= 11 is 0. The maximum Gasteiger partial charge on any atom is 0.251 e. The summed E-state index contributed by atoms with van der Waals surface area (Å²) < 4.78 is 36.5. The van der Waals surface area contributed by atoms with Crippen LogP contribution >= 0.6 is 0 Å². The smallest absolute Gasteiger partial charge is 0.251 e. The lowest BCUT2D eigenvalue weighted by Gasteiger charge is -2.22. The normalized spacial score (nSPS) is 18.4. The van der Waals surface area contributed by atoms with Crippen LogP contribution in [0.15, 0.2) is 47.4 Å². The summed E-state index contributed by atoms with van der Waals surface area (Å²) in [5.41, 5.74) is 1.01. The summed E-state index contributed by atoms with van der Waals surface area (Å²) in [5.74, 6) is 0.771. The number of ether oxygens (including phenoxy) is 2. The molecular formula is C21H23N3O6S. The molecule has 0 radical (unpaired) electrons. The standard InChI is InChI=1S/C21H23N3O6S/c1-23(2)31(27,28)17-6-3-14(4-7-17)21(26)22-15-11-20(25)24(13-15)16-5-8-18-19(12-16)30-10-9-29-18/h3-8,12,15H,9-11,13H2,1-2H3,(H,22,26)/t15-/m0/s1. The largest absolute Gasteiger partial charge is 0.486 e. The average Bonchev–Trinajstić information content (AvgIpc) is 3.13. The first-order valence-corrected chi connectivity index (χ1v) is 11.2. The summed E-state index contributed by atoms with van der Waals surface area (Å²) in [6, 6.07) is 10.7. The van der Waals surface area contributed by atoms with E-state index in [4.69, 9.17) is 9.47 Å². The molecule has 0 aliphatic carbocycles. The number of carbonyl (C=O) groups is 2. The third-order valence-electron chi connectivity index (χ3n) is 5.19. The third-order valence-corrected chi connectivity index (χ3v) is 7.02. The zero-order chi connectivity index (χ0) is 22.2. The second-order valence-corrected chi connectivity index (χ2v) is 9.67. The second-order valence-electron chi connectivity index (χ2n) is 7.52. The maximum atomic E-state index is 12.6. The van der Waals surface area contributed by atoms with Gasteiger partial charge in [0.05, 0.1) is 10.9 Å². The molecule has 2 amide bonds. The molecular weight excluding hydrogens is 422 g/mol. The fraction of sp³-hybridized carbons (Fsp3) is 0.333. The molecule has 0 unspecified atom stereocenters. The molecule has 0 saturated carbocycles. The van der Waals surface area contributed by atoms with Gasteiger partial charge in [-0.25, -0.2) is 12.7 Å². The Kier molecular flexibility index (Phi) is 5.59. The number of sulfonamides is 1. The number of fused-ring (bicyclic) bond motifs is 1. The minimum Gasteiger partial charge on any atom is -0.486 e. The van der Waals surface area contributed by atoms with E-state index < -0.39 is 10.0 Å². The zero-order valence-electron chi connectivity index (χ0n) is 17.2. The Morgan fingerprint density at radius 1 is 1.06 bits per heavy atom. The first-order chi connectivity index (χ1) is 14.8. The van der Waals surface area contributed by atoms with E-state index in [1.807, 2.05) is 0 Å². The van der Waals surface area contributed by atoms with Gasteiger partial charge in [0.25, 0.3) is 5.91 Å². The van der Waals surface area contributed by atoms with Crippen molar-refractivity contribution in [1.29, 1.82) is 0 Å². The minimum absolute atomic E-state index is 0.102. The molecule has 0 bridgehead atoms. The monoisotopic (exact) mass is 445 g/mol. The first kappa shape index (κ1) is 21.1. The van der Waals surface area contributed by atoms with Crippen molar-refractivity contribution in [3.8, 4) is 11.5 Å². The van der Waals surface area contributed by atoms with Crippen molar-refractivity contribution in [2.24, 2.45) is 0 Å². The van der Waals surface area contributed by atoms with Gasteiger partial charge in [-0.05, 0) is 36.4 Å². The van der Waals surface area contributed by atoms with Gasteiger partial charge in [-0.1, -0.05) is 0 Å². The van der Waals surface area contributed by atoms with Gasteiger partial charge in [-0.2, -0.15) is 0 Å². The van der Waals surface area contributed by atoms with Crippen LogP contribution in [0.2, 0.25) is 0 Å². The molecule has 1 N–H and O–H groups in total. The fourth-order valence-corrected chi connectivity index (χ4v) is 4.41. The van der Waals surface area contributed by atoms with Crippen LogP contribution in [0.4, 0.5) is 5.69 Å². The topological polar surface area (TPSA) is 105 Å². The van der Waals surface area contributed by atoms with Gasteiger partial charge in [-0.3, -0.25) is 9.59 Å². The van der Waals surface area contributed by atoms with E-state index in [-0.39, 0.29) is 29.2 Å². The first-order valence-electron chi connectivity index (χ1n) is 9.79. The van der Waals surface area contributed by atoms with Crippen LogP contribution in [0.3, 0.4) is 0 Å². The van der Waals surface area contributed by atoms with Crippen LogP contribution < -0.4 is 19.7 Å². The number of nitrogens with zero attached hydrogens (tertiary/aromatic N) is 2. The molecule has 31 heavy (non-hydrogen) atoms. The number of anilines is 1. The van der Waals surface area contributed by atoms with Crippen molar-refractivity contribution in [3.05, 3.63) is 48.0 Å². The summed E-state index contributed by atoms with van der Waals surface area (Å²) in [6.07, 6.45) is 0.174. The lowest BCUT2D eigenvalue weighted by molar-refractivity contribution is -0.117. The molecule has 1 atom stereocenters. The van der Waals surface area contributed by atoms with Crippen LogP contribution in [0.5, 0.6) is 11.5 Å². The molecule has 0 spiro atoms. The molecule has 4 rings (SSSR count). The van der Waals surface area contributed by atoms with E-state index in [1.165, 1.54) is 38.4 Å². The predicted octanol–water partition coefficient (Wildman–Crippen LogP) is 1.24. The quantitative estimate of drug-likeness (QED) is 0.743. The van der Waals surface area contributed by atoms with Gasteiger partial charge < -0.3 is 19.7 Å². The van der Waals surface area contributed by atoms with Crippen LogP contribution in [-0.2, 0) is 14.8 Å². The van der Waals surface area contributed by atoms with Crippen molar-refractivity contribution < 1.29 is 27.5 Å². The number of benzene rings is 2. The molecule has 2 heterocycles. The van der Waals surface area contributed by atoms with Gasteiger partial charge >= 0.3 is 0 Å². The average molecular weight is 445 g/mol. The maximum absolute atomic E-state index is 12.6. The molecule has 0 aromatic heterocycles. The SMILES string of the molecule is CN(C)S(=O)(=O)c1ccc(C(=O)N[C@H]2CC(=O)N(c3ccc4c(c3)OCCO4)C2)cc1. The van der Waals surface area contributed by atoms with Crippen molar-refractivity contribution in [1.82, 2.24) is 9.62 Å². The second kappa shape index (κ2) is 8.20. The number of rotatable bonds is 5. The summed E-state index contributed by atoms with van der Waals surface area (Å²) in [4.78, 5) is 26.8. The highest BCUT2D eigenvalue weighted by molar-refractivity contribution is 7.89. The summed E-state index contributed by atoms with van der Waals surface area (Å²) in [6.45, 7) is 1.28. The van der Waals surface area contributed by atoms with Crippen molar-refractivity contribution in [3.63, 3.8) is 0 Å². The van der Waals surface area contributed by atoms with E-state index in [2.05, 4.69) is 5.32 Å². The molecule has 9 nitrogen and oxygen atoms in total. The van der Waals surface area contributed by atoms with Crippen LogP contribution in [0.25, 0.3) is 0 Å². The lowest BCUT2D eigenvalue weighted by atomic mass is 10.2. The van der Waals surface area contributed by atoms with Crippen LogP contribution in [0.1, 0.15) is 16.8 Å². The Hall–Kier alpha value is -3.11. The summed E-state index contributed by atoms with van der Waals surface area (Å²) in [7, 11) is -0.673. The Morgan fingerprint density at radius 2 is 1.74 bits per heavy atom. The zero-order valence-corrected chi connectivity index (χ0v) is 18.0. The molecule has 2 aromatic rings. The van der Waals surface area contributed by atoms with E-state index in [0.29, 0.717) is 42.5 Å². The molecule has 10 heteroatoms. The highest BCUT2D eigenvalue weighted by Gasteiger charge is 2.32. The van der Waals surface area contributed by atoms with Crippen LogP contribution in [0, 0.1) is 0 Å². The van der Waals surface area contributed by atoms with Gasteiger partial charge in [0.1, 0.15) is 13.2 Å². The minimum atomic E-state index is -3.56. The molecule has 2 aromatic carbocycles. The third kappa shape index (κ3) is 4.21. The number of hydrogen-bond donors (Lipinski definition) is 1. The molecule has 2 aliphatic heterocycles. The number of nitrogens with one attached hydrogen (secondary N) is 1. The van der Waals surface area contributed by atoms with Crippen molar-refractivity contribution in [2.45, 2.75) is 17.4 Å². The highest BCUT2D eigenvalue weighted by atomic mass is 32.2. The Bertz CT molecular complexity index is 1110. The number of carbonyl (C=O) groups excluding carboxylic acids is 2. The lowest BCUT2D eigenvalue weighted by Crippen LogP contribution is -2.37. The predicted molar refractivity (Wildman–Crippen MR) is 113 cm³/mol. The Balaban J connectivity index is 1.42. The Labute approximate surface area is 180 Å². The molecule has 1 saturated heterocycles. The van der Waals surface area contributed by atoms with Crippen molar-refractivity contribution in [2.75, 3.05) is 38.8 Å². The van der Waals surface area contributed by atoms with Crippen molar-refractivity contribution >= 4 is 27.5 Å². The van der Waals surface area contributed by atoms with Gasteiger partial charge in [0, 0.05) is 44.4 Å². The fourth-order valence-electron chi connectivity index (χ4n) is 3.51. The summed E-state index contributed by atoms with van der Waals surface area (Å²) in [5, 5.41) is 2.85. The van der Waals surface area contributed by atoms with Gasteiger partial charge in [0.15, 0.2) is 11.5 Å².